The van der Waals surface area contributed by atoms with Gasteiger partial charge in [0.1, 0.15) is 0 Å². The van der Waals surface area contributed by atoms with E-state index in [0.29, 0.717) is 11.5 Å². The number of aromatic nitrogens is 2. The maximum Gasteiger partial charge on any atom is 0.0630 e. The van der Waals surface area contributed by atoms with Crippen LogP contribution in [0.3, 0.4) is 0 Å². The Morgan fingerprint density at radius 1 is 1.22 bits per heavy atom. The van der Waals surface area contributed by atoms with Crippen LogP contribution in [-0.4, -0.2) is 16.3 Å². The summed E-state index contributed by atoms with van der Waals surface area (Å²) in [5.41, 5.74) is 7.63. The van der Waals surface area contributed by atoms with Crippen LogP contribution in [0.1, 0.15) is 63.1 Å². The lowest BCUT2D eigenvalue weighted by atomic mass is 9.82. The van der Waals surface area contributed by atoms with E-state index in [1.807, 2.05) is 0 Å². The molecule has 2 saturated carbocycles. The number of rotatable bonds is 4. The van der Waals surface area contributed by atoms with Crippen LogP contribution >= 0.6 is 0 Å². The average Bonchev–Trinajstić information content (AvgIpc) is 3.10. The summed E-state index contributed by atoms with van der Waals surface area (Å²) in [6.07, 6.45) is 13.9. The van der Waals surface area contributed by atoms with E-state index in [1.54, 1.807) is 0 Å². The van der Waals surface area contributed by atoms with Gasteiger partial charge in [-0.15, -0.1) is 0 Å². The van der Waals surface area contributed by atoms with Crippen LogP contribution in [0.2, 0.25) is 0 Å². The molecule has 0 amide bonds. The Morgan fingerprint density at radius 3 is 2.61 bits per heavy atom. The third kappa shape index (κ3) is 2.33. The highest BCUT2D eigenvalue weighted by molar-refractivity contribution is 5.06. The predicted octanol–water partition coefficient (Wildman–Crippen LogP) is 3.06. The molecule has 0 saturated heterocycles. The lowest BCUT2D eigenvalue weighted by Crippen LogP contribution is -2.30. The summed E-state index contributed by atoms with van der Waals surface area (Å²) < 4.78 is 2.21. The molecular formula is C15H25N3. The Hall–Kier alpha value is -0.830. The number of nitrogens with zero attached hydrogens (tertiary/aromatic N) is 2. The predicted molar refractivity (Wildman–Crippen MR) is 73.4 cm³/mol. The molecule has 1 heterocycles. The Kier molecular flexibility index (Phi) is 3.42. The van der Waals surface area contributed by atoms with Gasteiger partial charge in [0.2, 0.25) is 0 Å². The summed E-state index contributed by atoms with van der Waals surface area (Å²) in [4.78, 5) is 0. The van der Waals surface area contributed by atoms with Crippen LogP contribution in [0.25, 0.3) is 0 Å². The van der Waals surface area contributed by atoms with Crippen molar-refractivity contribution >= 4 is 0 Å². The van der Waals surface area contributed by atoms with Crippen LogP contribution in [0.15, 0.2) is 12.3 Å². The van der Waals surface area contributed by atoms with Crippen molar-refractivity contribution in [1.82, 2.24) is 9.78 Å². The first-order valence-electron chi connectivity index (χ1n) is 7.55. The van der Waals surface area contributed by atoms with Gasteiger partial charge < -0.3 is 5.73 Å². The first kappa shape index (κ1) is 12.2. The topological polar surface area (TPSA) is 43.8 Å². The molecule has 0 bridgehead atoms. The Balaban J connectivity index is 1.69. The molecule has 2 fully saturated rings. The van der Waals surface area contributed by atoms with Crippen LogP contribution in [0, 0.1) is 5.41 Å². The maximum absolute atomic E-state index is 6.01. The molecule has 100 valence electrons. The zero-order valence-corrected chi connectivity index (χ0v) is 11.3. The van der Waals surface area contributed by atoms with Crippen molar-refractivity contribution in [3.05, 3.63) is 18.0 Å². The van der Waals surface area contributed by atoms with E-state index < -0.39 is 0 Å². The molecule has 3 nitrogen and oxygen atoms in total. The molecule has 0 aromatic carbocycles. The second kappa shape index (κ2) is 5.04. The van der Waals surface area contributed by atoms with E-state index in [9.17, 15) is 0 Å². The van der Waals surface area contributed by atoms with Gasteiger partial charge in [-0.25, -0.2) is 0 Å². The molecule has 0 atom stereocenters. The Labute approximate surface area is 110 Å². The van der Waals surface area contributed by atoms with E-state index in [1.165, 1.54) is 57.1 Å². The standard InChI is InChI=1S/C15H25N3/c16-12-15(8-3-4-9-15)11-13-7-10-18(17-13)14-5-1-2-6-14/h7,10,14H,1-6,8-9,11-12,16H2. The third-order valence-corrected chi connectivity index (χ3v) is 5.02. The van der Waals surface area contributed by atoms with Gasteiger partial charge in [0, 0.05) is 6.20 Å². The SMILES string of the molecule is NCC1(Cc2ccn(C3CCCC3)n2)CCCC1. The van der Waals surface area contributed by atoms with Gasteiger partial charge in [0.25, 0.3) is 0 Å². The highest BCUT2D eigenvalue weighted by atomic mass is 15.3. The smallest absolute Gasteiger partial charge is 0.0630 e. The van der Waals surface area contributed by atoms with Crippen LogP contribution in [-0.2, 0) is 6.42 Å². The number of nitrogens with two attached hydrogens (primary N) is 1. The molecule has 18 heavy (non-hydrogen) atoms. The molecule has 0 unspecified atom stereocenters. The van der Waals surface area contributed by atoms with Crippen molar-refractivity contribution in [2.24, 2.45) is 11.1 Å². The summed E-state index contributed by atoms with van der Waals surface area (Å²) in [5, 5.41) is 4.81. The van der Waals surface area contributed by atoms with E-state index in [2.05, 4.69) is 16.9 Å². The van der Waals surface area contributed by atoms with Gasteiger partial charge in [-0.2, -0.15) is 5.10 Å². The maximum atomic E-state index is 6.01. The molecule has 0 spiro atoms. The lowest BCUT2D eigenvalue weighted by molar-refractivity contribution is 0.301. The molecular weight excluding hydrogens is 222 g/mol. The van der Waals surface area contributed by atoms with Gasteiger partial charge >= 0.3 is 0 Å². The average molecular weight is 247 g/mol. The minimum Gasteiger partial charge on any atom is -0.330 e. The zero-order chi connectivity index (χ0) is 12.4. The molecule has 3 heteroatoms. The van der Waals surface area contributed by atoms with E-state index in [0.717, 1.165) is 13.0 Å². The van der Waals surface area contributed by atoms with Crippen molar-refractivity contribution in [3.63, 3.8) is 0 Å². The summed E-state index contributed by atoms with van der Waals surface area (Å²) in [5.74, 6) is 0. The summed E-state index contributed by atoms with van der Waals surface area (Å²) in [7, 11) is 0. The van der Waals surface area contributed by atoms with Crippen molar-refractivity contribution in [3.8, 4) is 0 Å². The van der Waals surface area contributed by atoms with E-state index >= 15 is 0 Å². The van der Waals surface area contributed by atoms with Gasteiger partial charge in [-0.05, 0) is 50.1 Å². The number of hydrogen-bond donors (Lipinski definition) is 1. The second-order valence-electron chi connectivity index (χ2n) is 6.31. The molecule has 1 aromatic heterocycles. The molecule has 2 aliphatic carbocycles. The van der Waals surface area contributed by atoms with Crippen molar-refractivity contribution in [2.45, 2.75) is 63.8 Å². The van der Waals surface area contributed by atoms with E-state index in [-0.39, 0.29) is 0 Å². The first-order valence-corrected chi connectivity index (χ1v) is 7.55. The summed E-state index contributed by atoms with van der Waals surface area (Å²) >= 11 is 0. The van der Waals surface area contributed by atoms with Gasteiger partial charge in [0.05, 0.1) is 11.7 Å². The molecule has 2 N–H and O–H groups in total. The summed E-state index contributed by atoms with van der Waals surface area (Å²) in [6.45, 7) is 0.823. The highest BCUT2D eigenvalue weighted by Crippen LogP contribution is 2.40. The van der Waals surface area contributed by atoms with Crippen molar-refractivity contribution in [2.75, 3.05) is 6.54 Å². The van der Waals surface area contributed by atoms with Crippen molar-refractivity contribution < 1.29 is 0 Å². The first-order chi connectivity index (χ1) is 8.81. The normalized spacial score (nSPS) is 23.8. The second-order valence-corrected chi connectivity index (χ2v) is 6.31. The van der Waals surface area contributed by atoms with Gasteiger partial charge in [-0.1, -0.05) is 25.7 Å². The summed E-state index contributed by atoms with van der Waals surface area (Å²) in [6, 6.07) is 2.88. The fourth-order valence-corrected chi connectivity index (χ4v) is 3.81. The highest BCUT2D eigenvalue weighted by Gasteiger charge is 2.33. The van der Waals surface area contributed by atoms with Crippen molar-refractivity contribution in [1.29, 1.82) is 0 Å². The van der Waals surface area contributed by atoms with Gasteiger partial charge in [0.15, 0.2) is 0 Å². The Bertz CT molecular complexity index is 384. The molecule has 0 radical (unpaired) electrons. The van der Waals surface area contributed by atoms with E-state index in [4.69, 9.17) is 10.8 Å². The molecule has 1 aromatic rings. The third-order valence-electron chi connectivity index (χ3n) is 5.02. The minimum atomic E-state index is 0.356. The quantitative estimate of drug-likeness (QED) is 0.888. The molecule has 3 rings (SSSR count). The fraction of sp³-hybridized carbons (Fsp3) is 0.800. The van der Waals surface area contributed by atoms with Crippen LogP contribution in [0.5, 0.6) is 0 Å². The van der Waals surface area contributed by atoms with Crippen LogP contribution < -0.4 is 5.73 Å². The Morgan fingerprint density at radius 2 is 1.94 bits per heavy atom. The van der Waals surface area contributed by atoms with Crippen LogP contribution in [0.4, 0.5) is 0 Å². The largest absolute Gasteiger partial charge is 0.330 e. The number of hydrogen-bond acceptors (Lipinski definition) is 2. The molecule has 2 aliphatic rings. The van der Waals surface area contributed by atoms with Gasteiger partial charge in [-0.3, -0.25) is 4.68 Å². The lowest BCUT2D eigenvalue weighted by Gasteiger charge is -2.26. The minimum absolute atomic E-state index is 0.356. The monoisotopic (exact) mass is 247 g/mol. The molecule has 0 aliphatic heterocycles. The zero-order valence-electron chi connectivity index (χ0n) is 11.3. The fourth-order valence-electron chi connectivity index (χ4n) is 3.81.